The molecule has 27 heavy (non-hydrogen) atoms. The van der Waals surface area contributed by atoms with Crippen LogP contribution in [-0.4, -0.2) is 16.9 Å². The van der Waals surface area contributed by atoms with E-state index in [9.17, 15) is 14.7 Å². The van der Waals surface area contributed by atoms with Crippen molar-refractivity contribution in [3.8, 4) is 0 Å². The molecule has 0 fully saturated rings. The molecule has 1 aromatic rings. The largest absolute Gasteiger partial charge is 0.481 e. The summed E-state index contributed by atoms with van der Waals surface area (Å²) in [5, 5.41) is 9.98. The van der Waals surface area contributed by atoms with Crippen LogP contribution in [0.15, 0.2) is 12.1 Å². The van der Waals surface area contributed by atoms with Crippen LogP contribution in [0.25, 0.3) is 0 Å². The Bertz CT molecular complexity index is 631. The van der Waals surface area contributed by atoms with E-state index in [0.29, 0.717) is 12.0 Å². The Hall–Kier alpha value is -1.54. The number of unbranched alkanes of at least 4 members (excludes halogenated alkanes) is 2. The van der Waals surface area contributed by atoms with E-state index in [2.05, 4.69) is 6.92 Å². The lowest BCUT2D eigenvalue weighted by Gasteiger charge is -2.36. The first-order valence-electron chi connectivity index (χ1n) is 9.65. The first-order valence-corrected chi connectivity index (χ1v) is 10.1. The number of carbonyl (C=O) groups excluding carboxylic acids is 1. The van der Waals surface area contributed by atoms with E-state index in [1.165, 1.54) is 9.12 Å². The number of rotatable bonds is 9. The summed E-state index contributed by atoms with van der Waals surface area (Å²) in [6, 6.07) is 4.01. The molecule has 1 aromatic carbocycles. The Kier molecular flexibility index (Phi) is 10.7. The molecule has 0 radical (unpaired) electrons. The molecule has 0 aliphatic carbocycles. The summed E-state index contributed by atoms with van der Waals surface area (Å²) in [5.41, 5.74) is 2.66. The summed E-state index contributed by atoms with van der Waals surface area (Å²) in [6.45, 7) is 13.7. The Balaban J connectivity index is 0.00000326. The average molecular weight is 396 g/mol. The van der Waals surface area contributed by atoms with E-state index >= 15 is 0 Å². The lowest BCUT2D eigenvalue weighted by Crippen LogP contribution is -2.43. The zero-order chi connectivity index (χ0) is 21.4. The number of hydrogen-bond donors (Lipinski definition) is 1. The van der Waals surface area contributed by atoms with Gasteiger partial charge >= 0.3 is 15.1 Å². The van der Waals surface area contributed by atoms with Crippen LogP contribution in [0, 0.1) is 38.0 Å². The highest BCUT2D eigenvalue weighted by Crippen LogP contribution is 2.41. The fourth-order valence-electron chi connectivity index (χ4n) is 4.19. The van der Waals surface area contributed by atoms with Crippen LogP contribution in [0.5, 0.6) is 0 Å². The third-order valence-electron chi connectivity index (χ3n) is 5.35. The zero-order valence-corrected chi connectivity index (χ0v) is 19.0. The van der Waals surface area contributed by atoms with Crippen molar-refractivity contribution in [3.05, 3.63) is 34.4 Å². The highest BCUT2D eigenvalue weighted by Gasteiger charge is 2.46. The van der Waals surface area contributed by atoms with Gasteiger partial charge in [0.1, 0.15) is 0 Å². The number of aliphatic carboxylic acids is 1. The normalized spacial score (nSPS) is 14.1. The molecule has 1 rings (SSSR count). The van der Waals surface area contributed by atoms with Crippen LogP contribution >= 0.6 is 9.12 Å². The summed E-state index contributed by atoms with van der Waals surface area (Å²) in [4.78, 5) is 25.6. The first-order chi connectivity index (χ1) is 12.6. The highest BCUT2D eigenvalue weighted by atomic mass is 31.0. The predicted molar refractivity (Wildman–Crippen MR) is 114 cm³/mol. The van der Waals surface area contributed by atoms with Gasteiger partial charge in [-0.3, -0.25) is 9.59 Å². The smallest absolute Gasteiger partial charge is 0.310 e. The molecule has 0 spiro atoms. The van der Waals surface area contributed by atoms with Gasteiger partial charge in [0.05, 0.1) is 5.41 Å². The second-order valence-corrected chi connectivity index (χ2v) is 8.04. The van der Waals surface area contributed by atoms with Crippen molar-refractivity contribution in [3.63, 3.8) is 0 Å². The standard InChI is InChI=1S/C22H34O3.H2OP/c1-8-9-10-11-22(7,21(24)25)19(14(2)3)20(23)18-16(5)12-15(4)13-17(18)6;1-2/h12-14,19H,8-11H2,1-7H3,(H,24,25);2H2/q;+1. The number of benzene rings is 1. The van der Waals surface area contributed by atoms with Crippen LogP contribution in [0.4, 0.5) is 0 Å². The number of carbonyl (C=O) groups is 2. The van der Waals surface area contributed by atoms with Gasteiger partial charge in [-0.15, -0.1) is 0 Å². The highest BCUT2D eigenvalue weighted by molar-refractivity contribution is 7.00. The molecular formula is C22H36O4P+. The molecular weight excluding hydrogens is 359 g/mol. The van der Waals surface area contributed by atoms with Crippen molar-refractivity contribution in [2.45, 2.75) is 74.1 Å². The third kappa shape index (κ3) is 6.24. The van der Waals surface area contributed by atoms with E-state index in [0.717, 1.165) is 36.0 Å². The molecule has 0 aromatic heterocycles. The summed E-state index contributed by atoms with van der Waals surface area (Å²) in [5.74, 6) is -1.44. The maximum Gasteiger partial charge on any atom is 0.310 e. The monoisotopic (exact) mass is 395 g/mol. The Morgan fingerprint density at radius 3 is 1.93 bits per heavy atom. The fourth-order valence-corrected chi connectivity index (χ4v) is 4.19. The number of ketones is 1. The minimum absolute atomic E-state index is 0.0219. The quantitative estimate of drug-likeness (QED) is 0.319. The zero-order valence-electron chi connectivity index (χ0n) is 17.9. The molecule has 3 unspecified atom stereocenters. The van der Waals surface area contributed by atoms with Gasteiger partial charge in [0.25, 0.3) is 0 Å². The summed E-state index contributed by atoms with van der Waals surface area (Å²) in [7, 11) is 1.17. The SMILES string of the molecule is CCCCCC(C)(C(=O)O)C(C(=O)c1c(C)cc(C)cc1C)C(C)C.O=[PH2+]. The van der Waals surface area contributed by atoms with Crippen LogP contribution in [0.1, 0.15) is 80.4 Å². The summed E-state index contributed by atoms with van der Waals surface area (Å²) >= 11 is 0. The Morgan fingerprint density at radius 1 is 1.07 bits per heavy atom. The molecule has 4 nitrogen and oxygen atoms in total. The minimum Gasteiger partial charge on any atom is -0.481 e. The second kappa shape index (κ2) is 11.3. The number of carboxylic acids is 1. The van der Waals surface area contributed by atoms with Gasteiger partial charge < -0.3 is 5.11 Å². The van der Waals surface area contributed by atoms with Gasteiger partial charge in [-0.25, -0.2) is 0 Å². The first kappa shape index (κ1) is 25.5. The van der Waals surface area contributed by atoms with E-state index in [1.807, 2.05) is 46.8 Å². The van der Waals surface area contributed by atoms with Crippen molar-refractivity contribution < 1.29 is 19.3 Å². The third-order valence-corrected chi connectivity index (χ3v) is 5.35. The number of hydrogen-bond acceptors (Lipinski definition) is 3. The second-order valence-electron chi connectivity index (χ2n) is 8.04. The van der Waals surface area contributed by atoms with Crippen molar-refractivity contribution in [1.29, 1.82) is 0 Å². The molecule has 0 bridgehead atoms. The van der Waals surface area contributed by atoms with Crippen LogP contribution in [-0.2, 0) is 9.36 Å². The van der Waals surface area contributed by atoms with Crippen molar-refractivity contribution in [2.75, 3.05) is 0 Å². The maximum absolute atomic E-state index is 13.5. The molecule has 1 N–H and O–H groups in total. The van der Waals surface area contributed by atoms with E-state index in [1.54, 1.807) is 6.92 Å². The van der Waals surface area contributed by atoms with E-state index < -0.39 is 17.3 Å². The lowest BCUT2D eigenvalue weighted by atomic mass is 9.65. The number of Topliss-reactive ketones (excluding diaryl/α,β-unsaturated/α-hetero) is 1. The molecule has 0 heterocycles. The summed E-state index contributed by atoms with van der Waals surface area (Å²) < 4.78 is 8.17. The molecule has 0 aliphatic rings. The molecule has 0 amide bonds. The van der Waals surface area contributed by atoms with Gasteiger partial charge in [-0.2, -0.15) is 0 Å². The van der Waals surface area contributed by atoms with Crippen molar-refractivity contribution in [1.82, 2.24) is 0 Å². The van der Waals surface area contributed by atoms with Crippen LogP contribution in [0.2, 0.25) is 0 Å². The van der Waals surface area contributed by atoms with E-state index in [-0.39, 0.29) is 11.7 Å². The van der Waals surface area contributed by atoms with Crippen LogP contribution in [0.3, 0.4) is 0 Å². The fraction of sp³-hybridized carbons (Fsp3) is 0.636. The Morgan fingerprint density at radius 2 is 1.56 bits per heavy atom. The lowest BCUT2D eigenvalue weighted by molar-refractivity contribution is -0.152. The topological polar surface area (TPSA) is 71.4 Å². The average Bonchev–Trinajstić information content (AvgIpc) is 2.55. The number of aryl methyl sites for hydroxylation is 3. The molecule has 0 aliphatic heterocycles. The van der Waals surface area contributed by atoms with Gasteiger partial charge in [0, 0.05) is 11.5 Å². The van der Waals surface area contributed by atoms with Crippen molar-refractivity contribution >= 4 is 20.9 Å². The Labute approximate surface area is 166 Å². The predicted octanol–water partition coefficient (Wildman–Crippen LogP) is 5.94. The van der Waals surface area contributed by atoms with Crippen LogP contribution < -0.4 is 0 Å². The van der Waals surface area contributed by atoms with Gasteiger partial charge in [-0.1, -0.05) is 62.3 Å². The molecule has 5 heteroatoms. The molecule has 0 saturated carbocycles. The van der Waals surface area contributed by atoms with Gasteiger partial charge in [0.2, 0.25) is 0 Å². The van der Waals surface area contributed by atoms with Gasteiger partial charge in [0.15, 0.2) is 5.78 Å². The summed E-state index contributed by atoms with van der Waals surface area (Å²) in [6.07, 6.45) is 3.40. The minimum atomic E-state index is -1.04. The van der Waals surface area contributed by atoms with Crippen molar-refractivity contribution in [2.24, 2.45) is 17.3 Å². The molecule has 0 saturated heterocycles. The molecule has 3 atom stereocenters. The number of carboxylic acid groups (broad SMARTS) is 1. The van der Waals surface area contributed by atoms with E-state index in [4.69, 9.17) is 4.57 Å². The maximum atomic E-state index is 13.5. The molecule has 152 valence electrons. The van der Waals surface area contributed by atoms with Gasteiger partial charge in [-0.05, 0) is 51.2 Å².